The van der Waals surface area contributed by atoms with Crippen LogP contribution in [0.3, 0.4) is 0 Å². The van der Waals surface area contributed by atoms with E-state index in [9.17, 15) is 0 Å². The number of aliphatic hydroxyl groups excluding tert-OH is 1. The van der Waals surface area contributed by atoms with Gasteiger partial charge in [0.2, 0.25) is 0 Å². The van der Waals surface area contributed by atoms with Gasteiger partial charge in [0, 0.05) is 30.5 Å². The van der Waals surface area contributed by atoms with Crippen molar-refractivity contribution in [2.24, 2.45) is 5.73 Å². The van der Waals surface area contributed by atoms with Gasteiger partial charge in [-0.25, -0.2) is 0 Å². The topological polar surface area (TPSA) is 59.1 Å². The minimum Gasteiger partial charge on any atom is -0.396 e. The molecule has 3 N–H and O–H groups in total. The van der Waals surface area contributed by atoms with Gasteiger partial charge in [0.05, 0.1) is 0 Å². The summed E-state index contributed by atoms with van der Waals surface area (Å²) in [6, 6.07) is 1.98. The average Bonchev–Trinajstić information content (AvgIpc) is 2.14. The first-order chi connectivity index (χ1) is 6.96. The van der Waals surface area contributed by atoms with E-state index in [1.807, 2.05) is 33.0 Å². The Morgan fingerprint density at radius 1 is 1.53 bits per heavy atom. The van der Waals surface area contributed by atoms with E-state index >= 15 is 0 Å². The molecule has 0 aliphatic heterocycles. The van der Waals surface area contributed by atoms with Crippen LogP contribution in [0.5, 0.6) is 0 Å². The molecule has 1 unspecified atom stereocenters. The number of nitrogens with zero attached hydrogens (tertiary/aromatic N) is 1. The number of aryl methyl sites for hydroxylation is 1. The summed E-state index contributed by atoms with van der Waals surface area (Å²) in [4.78, 5) is 4.12. The highest BCUT2D eigenvalue weighted by Gasteiger charge is 2.27. The van der Waals surface area contributed by atoms with Crippen molar-refractivity contribution < 1.29 is 5.11 Å². The summed E-state index contributed by atoms with van der Waals surface area (Å²) in [6.07, 6.45) is 4.30. The van der Waals surface area contributed by atoms with Gasteiger partial charge in [0.1, 0.15) is 0 Å². The van der Waals surface area contributed by atoms with Crippen LogP contribution in [0.1, 0.15) is 37.3 Å². The first kappa shape index (κ1) is 12.1. The molecule has 1 atom stereocenters. The molecule has 0 radical (unpaired) electrons. The average molecular weight is 208 g/mol. The Kier molecular flexibility index (Phi) is 3.83. The molecule has 1 aromatic heterocycles. The molecule has 0 amide bonds. The van der Waals surface area contributed by atoms with Crippen molar-refractivity contribution in [3.8, 4) is 0 Å². The van der Waals surface area contributed by atoms with E-state index in [0.717, 1.165) is 5.56 Å². The number of aliphatic hydroxyl groups is 1. The lowest BCUT2D eigenvalue weighted by Crippen LogP contribution is -2.40. The number of nitrogens with two attached hydrogens (primary N) is 1. The minimum absolute atomic E-state index is 0.149. The molecule has 3 nitrogen and oxygen atoms in total. The molecule has 0 fully saturated rings. The standard InChI is InChI=1S/C12H20N2O/c1-9-4-6-14-8-10(9)11(5-7-15)12(2,3)13/h4,6,8,11,15H,5,7,13H2,1-3H3. The molecule has 0 saturated carbocycles. The summed E-state index contributed by atoms with van der Waals surface area (Å²) in [5, 5.41) is 9.08. The van der Waals surface area contributed by atoms with Gasteiger partial charge < -0.3 is 10.8 Å². The Balaban J connectivity index is 3.05. The zero-order chi connectivity index (χ0) is 11.5. The summed E-state index contributed by atoms with van der Waals surface area (Å²) in [5.41, 5.74) is 8.11. The first-order valence-electron chi connectivity index (χ1n) is 5.27. The summed E-state index contributed by atoms with van der Waals surface area (Å²) in [6.45, 7) is 6.17. The summed E-state index contributed by atoms with van der Waals surface area (Å²) in [7, 11) is 0. The van der Waals surface area contributed by atoms with Crippen LogP contribution < -0.4 is 5.73 Å². The highest BCUT2D eigenvalue weighted by Crippen LogP contribution is 2.30. The molecule has 0 aliphatic rings. The van der Waals surface area contributed by atoms with Crippen LogP contribution in [0, 0.1) is 6.92 Å². The van der Waals surface area contributed by atoms with Crippen LogP contribution in [0.25, 0.3) is 0 Å². The Morgan fingerprint density at radius 2 is 2.20 bits per heavy atom. The van der Waals surface area contributed by atoms with Gasteiger partial charge in [0.25, 0.3) is 0 Å². The second-order valence-corrected chi connectivity index (χ2v) is 4.62. The van der Waals surface area contributed by atoms with Crippen LogP contribution in [0.15, 0.2) is 18.5 Å². The molecule has 1 rings (SSSR count). The number of hydrogen-bond donors (Lipinski definition) is 2. The summed E-state index contributed by atoms with van der Waals surface area (Å²) < 4.78 is 0. The molecule has 1 aromatic rings. The van der Waals surface area contributed by atoms with Gasteiger partial charge in [-0.2, -0.15) is 0 Å². The second-order valence-electron chi connectivity index (χ2n) is 4.62. The molecular weight excluding hydrogens is 188 g/mol. The lowest BCUT2D eigenvalue weighted by Gasteiger charge is -2.31. The van der Waals surface area contributed by atoms with E-state index < -0.39 is 0 Å². The van der Waals surface area contributed by atoms with E-state index in [0.29, 0.717) is 6.42 Å². The van der Waals surface area contributed by atoms with E-state index in [1.165, 1.54) is 5.56 Å². The Bertz CT molecular complexity index is 318. The molecule has 0 saturated heterocycles. The first-order valence-corrected chi connectivity index (χ1v) is 5.27. The molecule has 3 heteroatoms. The van der Waals surface area contributed by atoms with Crippen LogP contribution in [0.4, 0.5) is 0 Å². The van der Waals surface area contributed by atoms with E-state index in [-0.39, 0.29) is 18.1 Å². The van der Waals surface area contributed by atoms with Gasteiger partial charge in [-0.05, 0) is 44.4 Å². The second kappa shape index (κ2) is 4.73. The van der Waals surface area contributed by atoms with Crippen molar-refractivity contribution in [2.75, 3.05) is 6.61 Å². The molecule has 1 heterocycles. The van der Waals surface area contributed by atoms with Gasteiger partial charge in [0.15, 0.2) is 0 Å². The third-order valence-corrected chi connectivity index (χ3v) is 2.77. The quantitative estimate of drug-likeness (QED) is 0.790. The largest absolute Gasteiger partial charge is 0.396 e. The predicted molar refractivity (Wildman–Crippen MR) is 61.7 cm³/mol. The third kappa shape index (κ3) is 3.01. The number of aromatic nitrogens is 1. The van der Waals surface area contributed by atoms with E-state index in [1.54, 1.807) is 6.20 Å². The monoisotopic (exact) mass is 208 g/mol. The Labute approximate surface area is 91.3 Å². The smallest absolute Gasteiger partial charge is 0.0437 e. The van der Waals surface area contributed by atoms with Gasteiger partial charge in [-0.15, -0.1) is 0 Å². The number of rotatable bonds is 4. The summed E-state index contributed by atoms with van der Waals surface area (Å²) in [5.74, 6) is 0.149. The third-order valence-electron chi connectivity index (χ3n) is 2.77. The molecule has 15 heavy (non-hydrogen) atoms. The predicted octanol–water partition coefficient (Wildman–Crippen LogP) is 1.59. The fraction of sp³-hybridized carbons (Fsp3) is 0.583. The molecule has 84 valence electrons. The lowest BCUT2D eigenvalue weighted by molar-refractivity contribution is 0.250. The maximum atomic E-state index is 9.08. The van der Waals surface area contributed by atoms with E-state index in [2.05, 4.69) is 4.98 Å². The molecular formula is C12H20N2O. The van der Waals surface area contributed by atoms with Crippen molar-refractivity contribution in [3.05, 3.63) is 29.6 Å². The van der Waals surface area contributed by atoms with Crippen LogP contribution in [-0.2, 0) is 0 Å². The fourth-order valence-corrected chi connectivity index (χ4v) is 1.90. The van der Waals surface area contributed by atoms with Crippen LogP contribution >= 0.6 is 0 Å². The Hall–Kier alpha value is -0.930. The Morgan fingerprint density at radius 3 is 2.67 bits per heavy atom. The minimum atomic E-state index is -0.337. The van der Waals surface area contributed by atoms with Crippen molar-refractivity contribution in [1.29, 1.82) is 0 Å². The maximum Gasteiger partial charge on any atom is 0.0437 e. The van der Waals surface area contributed by atoms with Gasteiger partial charge in [-0.1, -0.05) is 0 Å². The number of hydrogen-bond acceptors (Lipinski definition) is 3. The van der Waals surface area contributed by atoms with Crippen molar-refractivity contribution in [2.45, 2.75) is 38.6 Å². The highest BCUT2D eigenvalue weighted by atomic mass is 16.3. The number of pyridine rings is 1. The molecule has 0 bridgehead atoms. The van der Waals surface area contributed by atoms with Crippen LogP contribution in [-0.4, -0.2) is 22.2 Å². The highest BCUT2D eigenvalue weighted by molar-refractivity contribution is 5.28. The van der Waals surface area contributed by atoms with E-state index in [4.69, 9.17) is 10.8 Å². The van der Waals surface area contributed by atoms with Crippen molar-refractivity contribution >= 4 is 0 Å². The van der Waals surface area contributed by atoms with Crippen LogP contribution in [0.2, 0.25) is 0 Å². The zero-order valence-electron chi connectivity index (χ0n) is 9.70. The fourth-order valence-electron chi connectivity index (χ4n) is 1.90. The molecule has 0 aromatic carbocycles. The van der Waals surface area contributed by atoms with Gasteiger partial charge >= 0.3 is 0 Å². The van der Waals surface area contributed by atoms with Crippen molar-refractivity contribution in [3.63, 3.8) is 0 Å². The SMILES string of the molecule is Cc1ccncc1C(CCO)C(C)(C)N. The zero-order valence-corrected chi connectivity index (χ0v) is 9.70. The normalized spacial score (nSPS) is 13.9. The van der Waals surface area contributed by atoms with Gasteiger partial charge in [-0.3, -0.25) is 4.98 Å². The molecule has 0 aliphatic carbocycles. The molecule has 0 spiro atoms. The summed E-state index contributed by atoms with van der Waals surface area (Å²) >= 11 is 0. The maximum absolute atomic E-state index is 9.08. The van der Waals surface area contributed by atoms with Crippen molar-refractivity contribution in [1.82, 2.24) is 4.98 Å². The lowest BCUT2D eigenvalue weighted by atomic mass is 9.80.